The normalized spacial score (nSPS) is 17.9. The first-order chi connectivity index (χ1) is 13.0. The van der Waals surface area contributed by atoms with Crippen LogP contribution in [0.2, 0.25) is 0 Å². The number of likely N-dealkylation sites (N-methyl/N-ethyl adjacent to an activating group) is 1. The van der Waals surface area contributed by atoms with Crippen molar-refractivity contribution in [3.05, 3.63) is 35.4 Å². The van der Waals surface area contributed by atoms with E-state index in [2.05, 4.69) is 72.5 Å². The molecule has 0 saturated carbocycles. The largest absolute Gasteiger partial charge is 0.496 e. The number of ether oxygens (including phenoxy) is 1. The molecule has 0 aliphatic carbocycles. The fraction of sp³-hybridized carbons (Fsp3) is 0.545. The molecule has 2 aromatic rings. The third-order valence-corrected chi connectivity index (χ3v) is 5.13. The van der Waals surface area contributed by atoms with Crippen LogP contribution in [0.4, 0.5) is 5.82 Å². The van der Waals surface area contributed by atoms with Crippen LogP contribution in [0.15, 0.2) is 24.3 Å². The quantitative estimate of drug-likeness (QED) is 0.829. The third kappa shape index (κ3) is 4.98. The van der Waals surface area contributed by atoms with E-state index >= 15 is 0 Å². The number of nitrogens with one attached hydrogen (secondary N) is 1. The molecule has 1 fully saturated rings. The molecule has 1 saturated heterocycles. The van der Waals surface area contributed by atoms with Crippen LogP contribution in [0.5, 0.6) is 5.75 Å². The molecule has 146 valence electrons. The Balaban J connectivity index is 1.81. The molecule has 5 heteroatoms. The number of piperidine rings is 1. The molecule has 0 unspecified atom stereocenters. The number of hydrogen-bond acceptors (Lipinski definition) is 5. The molecule has 1 aliphatic rings. The Kier molecular flexibility index (Phi) is 6.32. The lowest BCUT2D eigenvalue weighted by Gasteiger charge is -2.30. The molecule has 1 aliphatic heterocycles. The zero-order valence-corrected chi connectivity index (χ0v) is 17.2. The van der Waals surface area contributed by atoms with Gasteiger partial charge in [0.05, 0.1) is 12.8 Å². The zero-order chi connectivity index (χ0) is 19.4. The highest BCUT2D eigenvalue weighted by Gasteiger charge is 2.18. The molecule has 27 heavy (non-hydrogen) atoms. The van der Waals surface area contributed by atoms with Gasteiger partial charge in [0.1, 0.15) is 11.6 Å². The molecule has 2 heterocycles. The summed E-state index contributed by atoms with van der Waals surface area (Å²) in [6, 6.07) is 8.94. The van der Waals surface area contributed by atoms with Crippen molar-refractivity contribution in [2.24, 2.45) is 5.92 Å². The maximum Gasteiger partial charge on any atom is 0.149 e. The highest BCUT2D eigenvalue weighted by molar-refractivity contribution is 5.71. The molecule has 1 atom stereocenters. The first-order valence-electron chi connectivity index (χ1n) is 9.93. The molecule has 3 rings (SSSR count). The molecule has 1 N–H and O–H groups in total. The summed E-state index contributed by atoms with van der Waals surface area (Å²) in [6.07, 6.45) is 3.44. The monoisotopic (exact) mass is 368 g/mol. The Labute approximate surface area is 163 Å². The minimum atomic E-state index is 0.438. The summed E-state index contributed by atoms with van der Waals surface area (Å²) in [5.41, 5.74) is 4.27. The Morgan fingerprint density at radius 1 is 1.26 bits per heavy atom. The van der Waals surface area contributed by atoms with Crippen LogP contribution in [0.25, 0.3) is 11.3 Å². The van der Waals surface area contributed by atoms with Crippen molar-refractivity contribution in [2.45, 2.75) is 46.1 Å². The Morgan fingerprint density at radius 3 is 2.74 bits per heavy atom. The molecular weight excluding hydrogens is 336 g/mol. The van der Waals surface area contributed by atoms with Crippen molar-refractivity contribution in [3.8, 4) is 17.0 Å². The first-order valence-corrected chi connectivity index (χ1v) is 9.93. The van der Waals surface area contributed by atoms with Gasteiger partial charge in [0.15, 0.2) is 0 Å². The number of aryl methyl sites for hydroxylation is 1. The topological polar surface area (TPSA) is 50.3 Å². The van der Waals surface area contributed by atoms with Crippen molar-refractivity contribution < 1.29 is 4.74 Å². The lowest BCUT2D eigenvalue weighted by Crippen LogP contribution is -2.39. The molecule has 0 spiro atoms. The standard InChI is InChI=1S/C22H32N4O/c1-15(2)11-17-8-9-19(20(13-17)27-5)22-16(3)12-21(24-25-22)23-18-7-6-10-26(4)14-18/h8-9,12-13,15,18H,6-7,10-11,14H2,1-5H3,(H,23,24)/t18-/m1/s1. The first kappa shape index (κ1) is 19.6. The number of aromatic nitrogens is 2. The van der Waals surface area contributed by atoms with Gasteiger partial charge in [-0.15, -0.1) is 10.2 Å². The Hall–Kier alpha value is -2.14. The van der Waals surface area contributed by atoms with Crippen LogP contribution >= 0.6 is 0 Å². The predicted octanol–water partition coefficient (Wildman–Crippen LogP) is 4.17. The van der Waals surface area contributed by atoms with Crippen LogP contribution in [-0.4, -0.2) is 48.4 Å². The van der Waals surface area contributed by atoms with Gasteiger partial charge in [-0.25, -0.2) is 0 Å². The van der Waals surface area contributed by atoms with Gasteiger partial charge in [0.2, 0.25) is 0 Å². The summed E-state index contributed by atoms with van der Waals surface area (Å²) in [4.78, 5) is 2.36. The maximum absolute atomic E-state index is 5.65. The highest BCUT2D eigenvalue weighted by atomic mass is 16.5. The minimum Gasteiger partial charge on any atom is -0.496 e. The predicted molar refractivity (Wildman–Crippen MR) is 111 cm³/mol. The van der Waals surface area contributed by atoms with Crippen molar-refractivity contribution in [1.82, 2.24) is 15.1 Å². The molecule has 0 amide bonds. The van der Waals surface area contributed by atoms with Crippen molar-refractivity contribution in [3.63, 3.8) is 0 Å². The number of hydrogen-bond donors (Lipinski definition) is 1. The summed E-state index contributed by atoms with van der Waals surface area (Å²) in [5.74, 6) is 2.33. The fourth-order valence-corrected chi connectivity index (χ4v) is 3.84. The molecule has 1 aromatic carbocycles. The average Bonchev–Trinajstić information content (AvgIpc) is 2.62. The Bertz CT molecular complexity index is 775. The molecular formula is C22H32N4O. The van der Waals surface area contributed by atoms with Crippen LogP contribution in [0.3, 0.4) is 0 Å². The van der Waals surface area contributed by atoms with Crippen LogP contribution in [-0.2, 0) is 6.42 Å². The van der Waals surface area contributed by atoms with Crippen molar-refractivity contribution >= 4 is 5.82 Å². The molecule has 5 nitrogen and oxygen atoms in total. The zero-order valence-electron chi connectivity index (χ0n) is 17.2. The summed E-state index contributed by atoms with van der Waals surface area (Å²) in [7, 11) is 3.89. The van der Waals surface area contributed by atoms with Crippen molar-refractivity contribution in [2.75, 3.05) is 32.6 Å². The van der Waals surface area contributed by atoms with Crippen LogP contribution in [0.1, 0.15) is 37.8 Å². The smallest absolute Gasteiger partial charge is 0.149 e. The van der Waals surface area contributed by atoms with Gasteiger partial charge in [-0.2, -0.15) is 0 Å². The number of rotatable bonds is 6. The summed E-state index contributed by atoms with van der Waals surface area (Å²) in [6.45, 7) is 8.77. The number of anilines is 1. The van der Waals surface area contributed by atoms with Gasteiger partial charge in [-0.3, -0.25) is 0 Å². The van der Waals surface area contributed by atoms with E-state index in [1.807, 2.05) is 0 Å². The van der Waals surface area contributed by atoms with Gasteiger partial charge in [0, 0.05) is 18.2 Å². The summed E-state index contributed by atoms with van der Waals surface area (Å²) in [5, 5.41) is 12.5. The van der Waals surface area contributed by atoms with E-state index in [-0.39, 0.29) is 0 Å². The lowest BCUT2D eigenvalue weighted by molar-refractivity contribution is 0.260. The van der Waals surface area contributed by atoms with Gasteiger partial charge >= 0.3 is 0 Å². The van der Waals surface area contributed by atoms with Gasteiger partial charge < -0.3 is 15.0 Å². The number of benzene rings is 1. The van der Waals surface area contributed by atoms with E-state index in [0.29, 0.717) is 12.0 Å². The van der Waals surface area contributed by atoms with E-state index in [9.17, 15) is 0 Å². The molecule has 1 aromatic heterocycles. The van der Waals surface area contributed by atoms with E-state index in [0.717, 1.165) is 41.4 Å². The van der Waals surface area contributed by atoms with Gasteiger partial charge in [-0.1, -0.05) is 19.9 Å². The fourth-order valence-electron chi connectivity index (χ4n) is 3.84. The van der Waals surface area contributed by atoms with Crippen molar-refractivity contribution in [1.29, 1.82) is 0 Å². The van der Waals surface area contributed by atoms with Crippen LogP contribution < -0.4 is 10.1 Å². The summed E-state index contributed by atoms with van der Waals surface area (Å²) < 4.78 is 5.65. The summed E-state index contributed by atoms with van der Waals surface area (Å²) >= 11 is 0. The molecule has 0 radical (unpaired) electrons. The maximum atomic E-state index is 5.65. The van der Waals surface area contributed by atoms with E-state index in [4.69, 9.17) is 4.74 Å². The minimum absolute atomic E-state index is 0.438. The lowest BCUT2D eigenvalue weighted by atomic mass is 9.99. The number of nitrogens with zero attached hydrogens (tertiary/aromatic N) is 3. The number of likely N-dealkylation sites (tertiary alicyclic amines) is 1. The number of methoxy groups -OCH3 is 1. The highest BCUT2D eigenvalue weighted by Crippen LogP contribution is 2.32. The van der Waals surface area contributed by atoms with Gasteiger partial charge in [-0.05, 0) is 75.0 Å². The second-order valence-electron chi connectivity index (χ2n) is 8.14. The van der Waals surface area contributed by atoms with E-state index in [1.165, 1.54) is 24.9 Å². The second-order valence-corrected chi connectivity index (χ2v) is 8.14. The SMILES string of the molecule is COc1cc(CC(C)C)ccc1-c1nnc(N[C@@H]2CCCN(C)C2)cc1C. The third-order valence-electron chi connectivity index (χ3n) is 5.13. The van der Waals surface area contributed by atoms with E-state index < -0.39 is 0 Å². The van der Waals surface area contributed by atoms with Crippen LogP contribution in [0, 0.1) is 12.8 Å². The average molecular weight is 369 g/mol. The second kappa shape index (κ2) is 8.70. The molecule has 0 bridgehead atoms. The van der Waals surface area contributed by atoms with Gasteiger partial charge in [0.25, 0.3) is 0 Å². The Morgan fingerprint density at radius 2 is 2.07 bits per heavy atom. The van der Waals surface area contributed by atoms with E-state index in [1.54, 1.807) is 7.11 Å².